The predicted octanol–water partition coefficient (Wildman–Crippen LogP) is 2.99. The Morgan fingerprint density at radius 2 is 2.11 bits per heavy atom. The molecule has 2 heteroatoms. The number of benzene rings is 1. The third-order valence-corrected chi connectivity index (χ3v) is 4.09. The van der Waals surface area contributed by atoms with Crippen LogP contribution in [0.25, 0.3) is 0 Å². The quantitative estimate of drug-likeness (QED) is 0.776. The Bertz CT molecular complexity index is 373. The molecular weight excluding hydrogens is 220 g/mol. The lowest BCUT2D eigenvalue weighted by molar-refractivity contribution is 0.267. The second kappa shape index (κ2) is 6.35. The van der Waals surface area contributed by atoms with Crippen LogP contribution in [0.3, 0.4) is 0 Å². The van der Waals surface area contributed by atoms with Crippen LogP contribution in [0.2, 0.25) is 0 Å². The lowest BCUT2D eigenvalue weighted by Gasteiger charge is -2.21. The van der Waals surface area contributed by atoms with Crippen molar-refractivity contribution in [3.05, 3.63) is 35.4 Å². The van der Waals surface area contributed by atoms with Crippen molar-refractivity contribution >= 4 is 0 Å². The van der Waals surface area contributed by atoms with Crippen molar-refractivity contribution in [2.75, 3.05) is 20.1 Å². The minimum Gasteiger partial charge on any atom is -0.310 e. The number of hydrogen-bond donors (Lipinski definition) is 1. The van der Waals surface area contributed by atoms with E-state index in [0.717, 1.165) is 6.54 Å². The molecule has 0 aliphatic heterocycles. The van der Waals surface area contributed by atoms with Crippen molar-refractivity contribution in [1.29, 1.82) is 0 Å². The van der Waals surface area contributed by atoms with Crippen molar-refractivity contribution in [1.82, 2.24) is 10.2 Å². The molecule has 100 valence electrons. The van der Waals surface area contributed by atoms with E-state index in [1.54, 1.807) is 0 Å². The molecular formula is C16H26N2. The Morgan fingerprint density at radius 1 is 1.33 bits per heavy atom. The molecule has 1 aromatic rings. The smallest absolute Gasteiger partial charge is 0.0326 e. The van der Waals surface area contributed by atoms with Gasteiger partial charge < -0.3 is 10.2 Å². The van der Waals surface area contributed by atoms with E-state index in [0.29, 0.717) is 12.1 Å². The highest BCUT2D eigenvalue weighted by Crippen LogP contribution is 2.30. The van der Waals surface area contributed by atoms with Gasteiger partial charge in [0.25, 0.3) is 0 Å². The van der Waals surface area contributed by atoms with Crippen molar-refractivity contribution < 1.29 is 0 Å². The zero-order valence-electron chi connectivity index (χ0n) is 11.9. The number of nitrogens with zero attached hydrogens (tertiary/aromatic N) is 1. The molecule has 0 amide bonds. The van der Waals surface area contributed by atoms with E-state index in [1.165, 1.54) is 36.9 Å². The zero-order chi connectivity index (χ0) is 13.0. The zero-order valence-corrected chi connectivity index (χ0v) is 11.9. The molecule has 0 fully saturated rings. The molecule has 0 saturated carbocycles. The van der Waals surface area contributed by atoms with Crippen molar-refractivity contribution in [2.45, 2.75) is 45.2 Å². The molecule has 0 radical (unpaired) electrons. The topological polar surface area (TPSA) is 15.3 Å². The standard InChI is InChI=1S/C16H26N2/c1-13(2)18(3)12-6-11-17-16-10-9-14-7-4-5-8-15(14)16/h4-5,7-8,13,16-17H,6,9-12H2,1-3H3. The Kier molecular flexibility index (Phi) is 4.79. The normalized spacial score (nSPS) is 18.6. The highest BCUT2D eigenvalue weighted by Gasteiger charge is 2.20. The fraction of sp³-hybridized carbons (Fsp3) is 0.625. The molecule has 0 spiro atoms. The van der Waals surface area contributed by atoms with Gasteiger partial charge in [0.1, 0.15) is 0 Å². The molecule has 1 aromatic carbocycles. The fourth-order valence-corrected chi connectivity index (χ4v) is 2.63. The van der Waals surface area contributed by atoms with Crippen molar-refractivity contribution in [3.63, 3.8) is 0 Å². The van der Waals surface area contributed by atoms with Crippen LogP contribution in [-0.2, 0) is 6.42 Å². The van der Waals surface area contributed by atoms with Gasteiger partial charge in [0, 0.05) is 12.1 Å². The maximum absolute atomic E-state index is 3.71. The van der Waals surface area contributed by atoms with E-state index >= 15 is 0 Å². The van der Waals surface area contributed by atoms with Gasteiger partial charge in [-0.05, 0) is 64.4 Å². The number of nitrogens with one attached hydrogen (secondary N) is 1. The van der Waals surface area contributed by atoms with E-state index in [4.69, 9.17) is 0 Å². The van der Waals surface area contributed by atoms with Crippen LogP contribution in [0.5, 0.6) is 0 Å². The van der Waals surface area contributed by atoms with Crippen LogP contribution < -0.4 is 5.32 Å². The summed E-state index contributed by atoms with van der Waals surface area (Å²) in [5, 5.41) is 3.71. The van der Waals surface area contributed by atoms with Gasteiger partial charge in [-0.1, -0.05) is 24.3 Å². The van der Waals surface area contributed by atoms with Gasteiger partial charge >= 0.3 is 0 Å². The average molecular weight is 246 g/mol. The largest absolute Gasteiger partial charge is 0.310 e. The Balaban J connectivity index is 1.73. The Hall–Kier alpha value is -0.860. The molecule has 1 aliphatic rings. The summed E-state index contributed by atoms with van der Waals surface area (Å²) < 4.78 is 0. The second-order valence-electron chi connectivity index (χ2n) is 5.67. The number of hydrogen-bond acceptors (Lipinski definition) is 2. The van der Waals surface area contributed by atoms with E-state index in [-0.39, 0.29) is 0 Å². The van der Waals surface area contributed by atoms with Gasteiger partial charge in [-0.2, -0.15) is 0 Å². The fourth-order valence-electron chi connectivity index (χ4n) is 2.63. The summed E-state index contributed by atoms with van der Waals surface area (Å²) in [7, 11) is 2.20. The molecule has 18 heavy (non-hydrogen) atoms. The lowest BCUT2D eigenvalue weighted by atomic mass is 10.1. The molecule has 2 nitrogen and oxygen atoms in total. The third-order valence-electron chi connectivity index (χ3n) is 4.09. The maximum atomic E-state index is 3.71. The van der Waals surface area contributed by atoms with Gasteiger partial charge in [0.15, 0.2) is 0 Å². The summed E-state index contributed by atoms with van der Waals surface area (Å²) in [6.45, 7) is 6.80. The van der Waals surface area contributed by atoms with Crippen LogP contribution in [0.1, 0.15) is 43.9 Å². The van der Waals surface area contributed by atoms with Gasteiger partial charge in [-0.3, -0.25) is 0 Å². The van der Waals surface area contributed by atoms with Gasteiger partial charge in [0.05, 0.1) is 0 Å². The first-order valence-electron chi connectivity index (χ1n) is 7.20. The summed E-state index contributed by atoms with van der Waals surface area (Å²) in [6, 6.07) is 10.1. The van der Waals surface area contributed by atoms with Crippen LogP contribution in [0, 0.1) is 0 Å². The first-order chi connectivity index (χ1) is 8.68. The van der Waals surface area contributed by atoms with Gasteiger partial charge in [-0.15, -0.1) is 0 Å². The first kappa shape index (κ1) is 13.6. The predicted molar refractivity (Wildman–Crippen MR) is 77.9 cm³/mol. The number of rotatable bonds is 6. The van der Waals surface area contributed by atoms with E-state index in [2.05, 4.69) is 55.4 Å². The minimum absolute atomic E-state index is 0.588. The van der Waals surface area contributed by atoms with E-state index < -0.39 is 0 Å². The lowest BCUT2D eigenvalue weighted by Crippen LogP contribution is -2.30. The highest BCUT2D eigenvalue weighted by atomic mass is 15.1. The van der Waals surface area contributed by atoms with Gasteiger partial charge in [-0.25, -0.2) is 0 Å². The SMILES string of the molecule is CC(C)N(C)CCCNC1CCc2ccccc21. The van der Waals surface area contributed by atoms with Crippen LogP contribution in [0.4, 0.5) is 0 Å². The summed E-state index contributed by atoms with van der Waals surface area (Å²) in [5.74, 6) is 0. The molecule has 0 bridgehead atoms. The molecule has 2 rings (SSSR count). The van der Waals surface area contributed by atoms with Crippen LogP contribution in [0.15, 0.2) is 24.3 Å². The van der Waals surface area contributed by atoms with Crippen molar-refractivity contribution in [2.24, 2.45) is 0 Å². The molecule has 1 unspecified atom stereocenters. The molecule has 1 atom stereocenters. The van der Waals surface area contributed by atoms with E-state index in [9.17, 15) is 0 Å². The first-order valence-corrected chi connectivity index (χ1v) is 7.20. The van der Waals surface area contributed by atoms with Crippen LogP contribution in [-0.4, -0.2) is 31.1 Å². The monoisotopic (exact) mass is 246 g/mol. The summed E-state index contributed by atoms with van der Waals surface area (Å²) >= 11 is 0. The molecule has 0 aromatic heterocycles. The number of fused-ring (bicyclic) bond motifs is 1. The van der Waals surface area contributed by atoms with Crippen molar-refractivity contribution in [3.8, 4) is 0 Å². The highest BCUT2D eigenvalue weighted by molar-refractivity contribution is 5.34. The summed E-state index contributed by atoms with van der Waals surface area (Å²) in [6.07, 6.45) is 3.73. The molecule has 0 saturated heterocycles. The summed E-state index contributed by atoms with van der Waals surface area (Å²) in [4.78, 5) is 2.41. The molecule has 0 heterocycles. The van der Waals surface area contributed by atoms with E-state index in [1.807, 2.05) is 0 Å². The van der Waals surface area contributed by atoms with Gasteiger partial charge in [0.2, 0.25) is 0 Å². The molecule has 1 aliphatic carbocycles. The number of aryl methyl sites for hydroxylation is 1. The maximum Gasteiger partial charge on any atom is 0.0326 e. The second-order valence-corrected chi connectivity index (χ2v) is 5.67. The van der Waals surface area contributed by atoms with Crippen LogP contribution >= 0.6 is 0 Å². The summed E-state index contributed by atoms with van der Waals surface area (Å²) in [5.41, 5.74) is 3.06. The molecule has 1 N–H and O–H groups in total. The Labute approximate surface area is 111 Å². The minimum atomic E-state index is 0.588. The average Bonchev–Trinajstić information content (AvgIpc) is 2.77. The third kappa shape index (κ3) is 3.33. The Morgan fingerprint density at radius 3 is 2.89 bits per heavy atom.